The van der Waals surface area contributed by atoms with Crippen molar-refractivity contribution in [3.05, 3.63) is 28.4 Å². The molecule has 0 aliphatic heterocycles. The van der Waals surface area contributed by atoms with Gasteiger partial charge in [0.15, 0.2) is 17.4 Å². The number of nitrogens with two attached hydrogens (primary N) is 1. The van der Waals surface area contributed by atoms with Crippen LogP contribution in [-0.2, 0) is 0 Å². The second-order valence-corrected chi connectivity index (χ2v) is 4.12. The standard InChI is InChI=1S/C10H8BrF2N3O/c1-17-9-7(12)4(2-6(11)8(9)13)5-3-15-16-10(5)14/h2-3H,1H3,(H3,14,15,16). The maximum atomic E-state index is 14.0. The fourth-order valence-electron chi connectivity index (χ4n) is 1.47. The van der Waals surface area contributed by atoms with Gasteiger partial charge in [-0.05, 0) is 22.0 Å². The van der Waals surface area contributed by atoms with Gasteiger partial charge in [-0.2, -0.15) is 5.10 Å². The van der Waals surface area contributed by atoms with Gasteiger partial charge in [0, 0.05) is 11.1 Å². The lowest BCUT2D eigenvalue weighted by atomic mass is 10.1. The highest BCUT2D eigenvalue weighted by Gasteiger charge is 2.20. The van der Waals surface area contributed by atoms with E-state index in [2.05, 4.69) is 30.9 Å². The van der Waals surface area contributed by atoms with Gasteiger partial charge < -0.3 is 10.5 Å². The fraction of sp³-hybridized carbons (Fsp3) is 0.100. The van der Waals surface area contributed by atoms with Crippen molar-refractivity contribution in [3.8, 4) is 16.9 Å². The quantitative estimate of drug-likeness (QED) is 0.839. The Labute approximate surface area is 104 Å². The van der Waals surface area contributed by atoms with E-state index in [1.807, 2.05) is 0 Å². The third-order valence-corrected chi connectivity index (χ3v) is 2.86. The molecule has 1 heterocycles. The predicted octanol–water partition coefficient (Wildman–Crippen LogP) is 2.71. The maximum absolute atomic E-state index is 14.0. The van der Waals surface area contributed by atoms with Crippen LogP contribution in [0.25, 0.3) is 11.1 Å². The molecule has 1 aromatic carbocycles. The predicted molar refractivity (Wildman–Crippen MR) is 62.6 cm³/mol. The van der Waals surface area contributed by atoms with Crippen LogP contribution in [-0.4, -0.2) is 17.3 Å². The van der Waals surface area contributed by atoms with E-state index >= 15 is 0 Å². The highest BCUT2D eigenvalue weighted by molar-refractivity contribution is 9.10. The molecule has 0 amide bonds. The SMILES string of the molecule is COc1c(F)c(Br)cc(-c2cn[nH]c2N)c1F. The lowest BCUT2D eigenvalue weighted by molar-refractivity contribution is 0.359. The minimum absolute atomic E-state index is 0.0892. The van der Waals surface area contributed by atoms with Crippen molar-refractivity contribution in [1.82, 2.24) is 10.2 Å². The molecule has 0 radical (unpaired) electrons. The molecule has 3 N–H and O–H groups in total. The molecule has 0 saturated carbocycles. The first-order valence-corrected chi connectivity index (χ1v) is 5.36. The third kappa shape index (κ3) is 1.86. The first kappa shape index (κ1) is 11.8. The fourth-order valence-corrected chi connectivity index (χ4v) is 1.88. The molecule has 0 fully saturated rings. The molecule has 17 heavy (non-hydrogen) atoms. The lowest BCUT2D eigenvalue weighted by Gasteiger charge is -2.09. The molecular weight excluding hydrogens is 296 g/mol. The summed E-state index contributed by atoms with van der Waals surface area (Å²) in [6.07, 6.45) is 1.36. The van der Waals surface area contributed by atoms with Crippen molar-refractivity contribution in [2.24, 2.45) is 0 Å². The van der Waals surface area contributed by atoms with Crippen molar-refractivity contribution >= 4 is 21.7 Å². The molecular formula is C10H8BrF2N3O. The van der Waals surface area contributed by atoms with E-state index in [4.69, 9.17) is 5.73 Å². The molecule has 0 atom stereocenters. The minimum atomic E-state index is -0.818. The molecule has 0 aliphatic carbocycles. The number of ether oxygens (including phenoxy) is 1. The molecule has 90 valence electrons. The molecule has 1 aromatic heterocycles. The van der Waals surface area contributed by atoms with E-state index in [0.717, 1.165) is 0 Å². The number of halogens is 3. The van der Waals surface area contributed by atoms with Crippen LogP contribution in [0.4, 0.5) is 14.6 Å². The first-order chi connectivity index (χ1) is 8.06. The van der Waals surface area contributed by atoms with Gasteiger partial charge in [-0.25, -0.2) is 8.78 Å². The van der Waals surface area contributed by atoms with Gasteiger partial charge in [0.1, 0.15) is 5.82 Å². The van der Waals surface area contributed by atoms with Crippen molar-refractivity contribution in [3.63, 3.8) is 0 Å². The van der Waals surface area contributed by atoms with Crippen LogP contribution in [0.1, 0.15) is 0 Å². The van der Waals surface area contributed by atoms with Gasteiger partial charge in [0.2, 0.25) is 0 Å². The second-order valence-electron chi connectivity index (χ2n) is 3.26. The number of hydrogen-bond acceptors (Lipinski definition) is 3. The van der Waals surface area contributed by atoms with Gasteiger partial charge >= 0.3 is 0 Å². The summed E-state index contributed by atoms with van der Waals surface area (Å²) in [6.45, 7) is 0. The topological polar surface area (TPSA) is 63.9 Å². The number of hydrogen-bond donors (Lipinski definition) is 2. The monoisotopic (exact) mass is 303 g/mol. The largest absolute Gasteiger partial charge is 0.491 e. The van der Waals surface area contributed by atoms with E-state index < -0.39 is 17.4 Å². The highest BCUT2D eigenvalue weighted by atomic mass is 79.9. The lowest BCUT2D eigenvalue weighted by Crippen LogP contribution is -1.98. The average molecular weight is 304 g/mol. The summed E-state index contributed by atoms with van der Waals surface area (Å²) in [6, 6.07) is 1.29. The number of nitrogens with one attached hydrogen (secondary N) is 1. The van der Waals surface area contributed by atoms with Crippen LogP contribution in [0.3, 0.4) is 0 Å². The molecule has 4 nitrogen and oxygen atoms in total. The maximum Gasteiger partial charge on any atom is 0.192 e. The molecule has 7 heteroatoms. The minimum Gasteiger partial charge on any atom is -0.491 e. The number of benzene rings is 1. The van der Waals surface area contributed by atoms with Crippen LogP contribution < -0.4 is 10.5 Å². The Morgan fingerprint density at radius 1 is 1.35 bits per heavy atom. The average Bonchev–Trinajstić information content (AvgIpc) is 2.71. The van der Waals surface area contributed by atoms with E-state index in [1.54, 1.807) is 0 Å². The molecule has 2 aromatic rings. The van der Waals surface area contributed by atoms with Crippen LogP contribution in [0.15, 0.2) is 16.7 Å². The zero-order valence-corrected chi connectivity index (χ0v) is 10.3. The molecule has 2 rings (SSSR count). The summed E-state index contributed by atoms with van der Waals surface area (Å²) in [4.78, 5) is 0. The van der Waals surface area contributed by atoms with Crippen molar-refractivity contribution in [2.75, 3.05) is 12.8 Å². The van der Waals surface area contributed by atoms with Gasteiger partial charge in [0.05, 0.1) is 17.8 Å². The Balaban J connectivity index is 2.72. The molecule has 0 saturated heterocycles. The first-order valence-electron chi connectivity index (χ1n) is 4.57. The number of aromatic nitrogens is 2. The molecule has 0 unspecified atom stereocenters. The Morgan fingerprint density at radius 3 is 2.59 bits per heavy atom. The summed E-state index contributed by atoms with van der Waals surface area (Å²) in [5.74, 6) is -1.88. The normalized spacial score (nSPS) is 10.6. The summed E-state index contributed by atoms with van der Waals surface area (Å²) in [7, 11) is 1.19. The van der Waals surface area contributed by atoms with Crippen molar-refractivity contribution < 1.29 is 13.5 Å². The zero-order valence-electron chi connectivity index (χ0n) is 8.72. The van der Waals surface area contributed by atoms with E-state index in [0.29, 0.717) is 5.56 Å². The Bertz CT molecular complexity index is 571. The summed E-state index contributed by atoms with van der Waals surface area (Å²) in [5, 5.41) is 6.16. The van der Waals surface area contributed by atoms with Crippen LogP contribution >= 0.6 is 15.9 Å². The summed E-state index contributed by atoms with van der Waals surface area (Å²) >= 11 is 2.99. The Hall–Kier alpha value is -1.63. The number of nitrogen functional groups attached to an aromatic ring is 1. The van der Waals surface area contributed by atoms with Gasteiger partial charge in [-0.15, -0.1) is 0 Å². The zero-order chi connectivity index (χ0) is 12.6. The van der Waals surface area contributed by atoms with Crippen molar-refractivity contribution in [2.45, 2.75) is 0 Å². The third-order valence-electron chi connectivity index (χ3n) is 2.28. The van der Waals surface area contributed by atoms with E-state index in [-0.39, 0.29) is 15.9 Å². The van der Waals surface area contributed by atoms with Crippen LogP contribution in [0, 0.1) is 11.6 Å². The Kier molecular flexibility index (Phi) is 3.01. The smallest absolute Gasteiger partial charge is 0.192 e. The molecule has 0 aliphatic rings. The summed E-state index contributed by atoms with van der Waals surface area (Å²) in [5.41, 5.74) is 6.05. The highest BCUT2D eigenvalue weighted by Crippen LogP contribution is 2.37. The van der Waals surface area contributed by atoms with Gasteiger partial charge in [-0.3, -0.25) is 5.10 Å². The van der Waals surface area contributed by atoms with Gasteiger partial charge in [-0.1, -0.05) is 0 Å². The van der Waals surface area contributed by atoms with E-state index in [1.165, 1.54) is 19.4 Å². The van der Waals surface area contributed by atoms with E-state index in [9.17, 15) is 8.78 Å². The second kappa shape index (κ2) is 4.33. The number of anilines is 1. The number of methoxy groups -OCH3 is 1. The number of nitrogens with zero attached hydrogens (tertiary/aromatic N) is 1. The Morgan fingerprint density at radius 2 is 2.06 bits per heavy atom. The number of rotatable bonds is 2. The van der Waals surface area contributed by atoms with Crippen molar-refractivity contribution in [1.29, 1.82) is 0 Å². The molecule has 0 spiro atoms. The van der Waals surface area contributed by atoms with Gasteiger partial charge in [0.25, 0.3) is 0 Å². The molecule has 0 bridgehead atoms. The van der Waals surface area contributed by atoms with Crippen LogP contribution in [0.5, 0.6) is 5.75 Å². The number of aromatic amines is 1. The summed E-state index contributed by atoms with van der Waals surface area (Å²) < 4.78 is 32.3. The number of H-pyrrole nitrogens is 1. The van der Waals surface area contributed by atoms with Crippen LogP contribution in [0.2, 0.25) is 0 Å².